The smallest absolute Gasteiger partial charge is 0.288 e. The lowest BCUT2D eigenvalue weighted by Gasteiger charge is -2.38. The van der Waals surface area contributed by atoms with Crippen molar-refractivity contribution in [2.75, 3.05) is 19.4 Å². The number of amides is 1. The Morgan fingerprint density at radius 1 is 1.02 bits per heavy atom. The quantitative estimate of drug-likeness (QED) is 0.467. The second-order valence-electron chi connectivity index (χ2n) is 10.2. The maximum absolute atomic E-state index is 12.1. The number of anilines is 1. The molecule has 2 unspecified atom stereocenters. The van der Waals surface area contributed by atoms with Crippen LogP contribution < -0.4 is 21.9 Å². The molecular formula is C30H47N5O4S. The Labute approximate surface area is 241 Å². The van der Waals surface area contributed by atoms with Gasteiger partial charge in [-0.3, -0.25) is 23.9 Å². The van der Waals surface area contributed by atoms with Crippen molar-refractivity contribution in [1.29, 1.82) is 0 Å². The number of hydrogen-bond acceptors (Lipinski definition) is 6. The van der Waals surface area contributed by atoms with Crippen LogP contribution in [0.4, 0.5) is 5.69 Å². The van der Waals surface area contributed by atoms with Crippen molar-refractivity contribution in [2.24, 2.45) is 31.8 Å². The van der Waals surface area contributed by atoms with Gasteiger partial charge < -0.3 is 15.2 Å². The van der Waals surface area contributed by atoms with E-state index in [0.29, 0.717) is 23.4 Å². The van der Waals surface area contributed by atoms with Crippen molar-refractivity contribution in [3.05, 3.63) is 82.4 Å². The fourth-order valence-corrected chi connectivity index (χ4v) is 4.76. The number of H-pyrrole nitrogens is 1. The molecule has 1 aliphatic rings. The largest absolute Gasteiger partial charge is 0.375 e. The second-order valence-corrected chi connectivity index (χ2v) is 11.3. The zero-order valence-corrected chi connectivity index (χ0v) is 26.7. The third-order valence-corrected chi connectivity index (χ3v) is 8.15. The number of rotatable bonds is 4. The summed E-state index contributed by atoms with van der Waals surface area (Å²) in [6.07, 6.45) is 4.47. The Bertz CT molecular complexity index is 1390. The van der Waals surface area contributed by atoms with Crippen LogP contribution in [0.5, 0.6) is 0 Å². The number of pyridine rings is 1. The predicted molar refractivity (Wildman–Crippen MR) is 167 cm³/mol. The summed E-state index contributed by atoms with van der Waals surface area (Å²) in [5, 5.41) is 5.03. The molecule has 0 radical (unpaired) electrons. The van der Waals surface area contributed by atoms with Crippen LogP contribution in [-0.4, -0.2) is 39.3 Å². The van der Waals surface area contributed by atoms with Gasteiger partial charge in [0.15, 0.2) is 5.43 Å². The van der Waals surface area contributed by atoms with E-state index in [9.17, 15) is 19.2 Å². The molecule has 1 fully saturated rings. The summed E-state index contributed by atoms with van der Waals surface area (Å²) in [4.78, 5) is 52.1. The fourth-order valence-electron chi connectivity index (χ4n) is 4.12. The van der Waals surface area contributed by atoms with Gasteiger partial charge in [-0.25, -0.2) is 4.68 Å². The fraction of sp³-hybridized carbons (Fsp3) is 0.533. The molecule has 9 nitrogen and oxygen atoms in total. The normalized spacial score (nSPS) is 17.0. The van der Waals surface area contributed by atoms with Crippen LogP contribution in [0.2, 0.25) is 0 Å². The molecule has 0 saturated heterocycles. The van der Waals surface area contributed by atoms with Gasteiger partial charge in [-0.15, -0.1) is 11.3 Å². The molecule has 1 aliphatic carbocycles. The van der Waals surface area contributed by atoms with E-state index >= 15 is 0 Å². The van der Waals surface area contributed by atoms with E-state index in [-0.39, 0.29) is 28.0 Å². The van der Waals surface area contributed by atoms with Gasteiger partial charge in [-0.1, -0.05) is 40.7 Å². The minimum absolute atomic E-state index is 0.161. The van der Waals surface area contributed by atoms with E-state index in [4.69, 9.17) is 0 Å². The van der Waals surface area contributed by atoms with Crippen LogP contribution >= 0.6 is 11.3 Å². The summed E-state index contributed by atoms with van der Waals surface area (Å²) >= 11 is 1.61. The molecule has 3 aromatic heterocycles. The van der Waals surface area contributed by atoms with Crippen LogP contribution in [0.25, 0.3) is 0 Å². The molecule has 10 heteroatoms. The van der Waals surface area contributed by atoms with Gasteiger partial charge in [0.25, 0.3) is 17.0 Å². The van der Waals surface area contributed by atoms with Crippen LogP contribution in [0, 0.1) is 31.6 Å². The molecule has 222 valence electrons. The van der Waals surface area contributed by atoms with Gasteiger partial charge in [0.1, 0.15) is 11.3 Å². The van der Waals surface area contributed by atoms with Crippen molar-refractivity contribution < 1.29 is 4.79 Å². The summed E-state index contributed by atoms with van der Waals surface area (Å²) in [6.45, 7) is 14.9. The van der Waals surface area contributed by atoms with Crippen molar-refractivity contribution in [2.45, 2.75) is 61.4 Å². The van der Waals surface area contributed by atoms with E-state index in [1.54, 1.807) is 59.6 Å². The highest BCUT2D eigenvalue weighted by Crippen LogP contribution is 2.38. The first-order chi connectivity index (χ1) is 18.8. The van der Waals surface area contributed by atoms with E-state index in [0.717, 1.165) is 22.6 Å². The molecule has 0 aromatic carbocycles. The SMILES string of the molecule is CC.CC1CC(C)C1C.Cc1c(NCc2cccs2)c(=O)n(C)n(C)c1=O.Cc1c[nH]cc(C(=O)N(C)C)c1=O. The minimum Gasteiger partial charge on any atom is -0.375 e. The Morgan fingerprint density at radius 3 is 2.05 bits per heavy atom. The Hall–Kier alpha value is -3.40. The van der Waals surface area contributed by atoms with Crippen molar-refractivity contribution >= 4 is 22.9 Å². The van der Waals surface area contributed by atoms with Gasteiger partial charge in [0.05, 0.1) is 0 Å². The average Bonchev–Trinajstić information content (AvgIpc) is 3.47. The zero-order chi connectivity index (χ0) is 30.7. The van der Waals surface area contributed by atoms with E-state index < -0.39 is 0 Å². The number of carbonyl (C=O) groups excluding carboxylic acids is 1. The number of thiophene rings is 1. The number of aryl methyl sites for hydroxylation is 1. The van der Waals surface area contributed by atoms with Crippen LogP contribution in [-0.2, 0) is 20.6 Å². The lowest BCUT2D eigenvalue weighted by molar-refractivity contribution is 0.0826. The average molecular weight is 574 g/mol. The molecule has 1 amide bonds. The summed E-state index contributed by atoms with van der Waals surface area (Å²) < 4.78 is 2.63. The number of nitrogens with zero attached hydrogens (tertiary/aromatic N) is 3. The maximum atomic E-state index is 12.1. The molecule has 40 heavy (non-hydrogen) atoms. The Kier molecular flexibility index (Phi) is 13.9. The molecular weight excluding hydrogens is 526 g/mol. The van der Waals surface area contributed by atoms with Gasteiger partial charge in [0, 0.05) is 63.1 Å². The predicted octanol–water partition coefficient (Wildman–Crippen LogP) is 4.78. The van der Waals surface area contributed by atoms with Crippen molar-refractivity contribution in [3.8, 4) is 0 Å². The van der Waals surface area contributed by atoms with Crippen molar-refractivity contribution in [1.82, 2.24) is 19.2 Å². The van der Waals surface area contributed by atoms with Crippen molar-refractivity contribution in [3.63, 3.8) is 0 Å². The minimum atomic E-state index is -0.273. The number of aromatic amines is 1. The molecule has 0 bridgehead atoms. The highest BCUT2D eigenvalue weighted by molar-refractivity contribution is 7.09. The van der Waals surface area contributed by atoms with E-state index in [2.05, 4.69) is 31.1 Å². The van der Waals surface area contributed by atoms with Crippen LogP contribution in [0.1, 0.15) is 67.4 Å². The highest BCUT2D eigenvalue weighted by Gasteiger charge is 2.29. The Balaban J connectivity index is 0.000000317. The monoisotopic (exact) mass is 573 g/mol. The summed E-state index contributed by atoms with van der Waals surface area (Å²) in [7, 11) is 6.40. The zero-order valence-electron chi connectivity index (χ0n) is 25.9. The number of nitrogens with one attached hydrogen (secondary N) is 2. The number of aromatic nitrogens is 3. The second kappa shape index (κ2) is 16.0. The summed E-state index contributed by atoms with van der Waals surface area (Å²) in [5.41, 5.74) is 1.01. The third kappa shape index (κ3) is 8.81. The highest BCUT2D eigenvalue weighted by atomic mass is 32.1. The molecule has 3 aromatic rings. The van der Waals surface area contributed by atoms with Gasteiger partial charge >= 0.3 is 0 Å². The topological polar surface area (TPSA) is 109 Å². The third-order valence-electron chi connectivity index (χ3n) is 7.27. The van der Waals surface area contributed by atoms with Gasteiger partial charge in [-0.2, -0.15) is 0 Å². The van der Waals surface area contributed by atoms with Gasteiger partial charge in [0.2, 0.25) is 0 Å². The van der Waals surface area contributed by atoms with Gasteiger partial charge in [-0.05, 0) is 49.5 Å². The first kappa shape index (κ1) is 34.6. The molecule has 3 heterocycles. The maximum Gasteiger partial charge on any atom is 0.288 e. The first-order valence-electron chi connectivity index (χ1n) is 13.7. The van der Waals surface area contributed by atoms with Crippen LogP contribution in [0.15, 0.2) is 44.3 Å². The molecule has 0 spiro atoms. The van der Waals surface area contributed by atoms with E-state index in [1.807, 2.05) is 31.4 Å². The summed E-state index contributed by atoms with van der Waals surface area (Å²) in [6, 6.07) is 3.94. The number of carbonyl (C=O) groups is 1. The number of hydrogen-bond donors (Lipinski definition) is 2. The molecule has 2 N–H and O–H groups in total. The lowest BCUT2D eigenvalue weighted by Crippen LogP contribution is -2.38. The van der Waals surface area contributed by atoms with Crippen LogP contribution in [0.3, 0.4) is 0 Å². The van der Waals surface area contributed by atoms with E-state index in [1.165, 1.54) is 26.9 Å². The summed E-state index contributed by atoms with van der Waals surface area (Å²) in [5.74, 6) is 2.75. The lowest BCUT2D eigenvalue weighted by atomic mass is 9.68. The molecule has 4 rings (SSSR count). The first-order valence-corrected chi connectivity index (χ1v) is 14.6. The molecule has 2 atom stereocenters. The molecule has 0 aliphatic heterocycles. The molecule has 1 saturated carbocycles. The standard InChI is InChI=1S/C12H15N3O2S.C9H12N2O2.C7H14.C2H6/c1-8-10(13-7-9-5-4-6-18-9)12(17)15(3)14(2)11(8)16;1-6-4-10-5-7(8(6)12)9(13)11(2)3;1-5-4-6(2)7(5)3;1-2/h4-6,13H,7H2,1-3H3;4-5H,1-3H3,(H,10,12);5-7H,4H2,1-3H3;1-2H3. The Morgan fingerprint density at radius 2 is 1.60 bits per heavy atom.